The fourth-order valence-corrected chi connectivity index (χ4v) is 3.12. The fourth-order valence-electron chi connectivity index (χ4n) is 3.12. The molecule has 0 amide bonds. The first kappa shape index (κ1) is 9.95. The second kappa shape index (κ2) is 4.69. The van der Waals surface area contributed by atoms with Gasteiger partial charge < -0.3 is 9.84 Å². The maximum Gasteiger partial charge on any atom is 0.115 e. The van der Waals surface area contributed by atoms with Gasteiger partial charge in [-0.1, -0.05) is 6.07 Å². The molecule has 0 bridgehead atoms. The molecule has 3 rings (SSSR count). The van der Waals surface area contributed by atoms with Crippen LogP contribution < -0.4 is 0 Å². The average Bonchev–Trinajstić information content (AvgIpc) is 2.40. The molecule has 1 heterocycles. The molecule has 92 valence electrons. The van der Waals surface area contributed by atoms with Crippen LogP contribution in [-0.4, -0.2) is 18.3 Å². The van der Waals surface area contributed by atoms with Gasteiger partial charge in [0.15, 0.2) is 0 Å². The molecule has 1 aromatic carbocycles. The standard InChI is InChI=1S/C15H20O2/c16-15-4-3-13-9-12(1-2-14(13)10-15)11-5-7-17-8-6-11/h3-4,10-12,16H,1-2,5-9H2/t12-/m1/s1/i9D/t9-,12+/m0. The summed E-state index contributed by atoms with van der Waals surface area (Å²) in [5.74, 6) is 1.43. The van der Waals surface area contributed by atoms with Gasteiger partial charge in [-0.15, -0.1) is 0 Å². The van der Waals surface area contributed by atoms with E-state index in [1.807, 2.05) is 12.1 Å². The van der Waals surface area contributed by atoms with Gasteiger partial charge in [0.25, 0.3) is 0 Å². The van der Waals surface area contributed by atoms with Crippen molar-refractivity contribution < 1.29 is 11.2 Å². The summed E-state index contributed by atoms with van der Waals surface area (Å²) in [5.41, 5.74) is 2.29. The van der Waals surface area contributed by atoms with Gasteiger partial charge in [0.05, 0.1) is 0 Å². The van der Waals surface area contributed by atoms with Crippen LogP contribution in [0.15, 0.2) is 18.2 Å². The van der Waals surface area contributed by atoms with E-state index in [-0.39, 0.29) is 6.40 Å². The van der Waals surface area contributed by atoms with Crippen molar-refractivity contribution in [3.8, 4) is 5.75 Å². The molecule has 1 aromatic rings. The molecule has 1 fully saturated rings. The van der Waals surface area contributed by atoms with E-state index in [4.69, 9.17) is 6.11 Å². The lowest BCUT2D eigenvalue weighted by Crippen LogP contribution is -2.27. The number of fused-ring (bicyclic) bond motifs is 1. The Morgan fingerprint density at radius 2 is 1.94 bits per heavy atom. The summed E-state index contributed by atoms with van der Waals surface area (Å²) in [5, 5.41) is 9.51. The van der Waals surface area contributed by atoms with Gasteiger partial charge >= 0.3 is 0 Å². The Balaban J connectivity index is 1.82. The van der Waals surface area contributed by atoms with E-state index < -0.39 is 0 Å². The molecule has 0 unspecified atom stereocenters. The number of phenolic OH excluding ortho intramolecular Hbond substituents is 1. The molecule has 0 spiro atoms. The van der Waals surface area contributed by atoms with Crippen LogP contribution in [0.2, 0.25) is 0 Å². The number of hydrogen-bond donors (Lipinski definition) is 1. The Labute approximate surface area is 104 Å². The van der Waals surface area contributed by atoms with Crippen molar-refractivity contribution in [3.63, 3.8) is 0 Å². The quantitative estimate of drug-likeness (QED) is 0.808. The number of ether oxygens (including phenoxy) is 1. The lowest BCUT2D eigenvalue weighted by Gasteiger charge is -2.33. The van der Waals surface area contributed by atoms with Crippen LogP contribution >= 0.6 is 0 Å². The molecular formula is C15H20O2. The zero-order chi connectivity index (χ0) is 12.5. The number of aryl methyl sites for hydroxylation is 1. The maximum atomic E-state index is 9.51. The maximum absolute atomic E-state index is 9.51. The molecular weight excluding hydrogens is 212 g/mol. The van der Waals surface area contributed by atoms with E-state index in [9.17, 15) is 5.11 Å². The zero-order valence-electron chi connectivity index (χ0n) is 11.1. The zero-order valence-corrected chi connectivity index (χ0v) is 10.1. The van der Waals surface area contributed by atoms with Crippen molar-refractivity contribution in [1.82, 2.24) is 0 Å². The molecule has 2 heteroatoms. The molecule has 1 aliphatic heterocycles. The molecule has 0 saturated carbocycles. The lowest BCUT2D eigenvalue weighted by atomic mass is 9.74. The van der Waals surface area contributed by atoms with Crippen LogP contribution in [0.5, 0.6) is 5.75 Å². The lowest BCUT2D eigenvalue weighted by molar-refractivity contribution is 0.0439. The molecule has 0 aromatic heterocycles. The molecule has 1 saturated heterocycles. The van der Waals surface area contributed by atoms with E-state index in [2.05, 4.69) is 0 Å². The highest BCUT2D eigenvalue weighted by Crippen LogP contribution is 2.35. The van der Waals surface area contributed by atoms with Crippen molar-refractivity contribution in [2.45, 2.75) is 32.1 Å². The van der Waals surface area contributed by atoms with E-state index in [1.54, 1.807) is 6.07 Å². The largest absolute Gasteiger partial charge is 0.508 e. The monoisotopic (exact) mass is 233 g/mol. The van der Waals surface area contributed by atoms with E-state index in [0.717, 1.165) is 44.5 Å². The van der Waals surface area contributed by atoms with Gasteiger partial charge in [0.1, 0.15) is 5.75 Å². The van der Waals surface area contributed by atoms with Gasteiger partial charge in [-0.25, -0.2) is 0 Å². The second-order valence-corrected chi connectivity index (χ2v) is 5.20. The summed E-state index contributed by atoms with van der Waals surface area (Å²) in [6.45, 7) is 1.71. The van der Waals surface area contributed by atoms with Crippen LogP contribution in [0, 0.1) is 11.8 Å². The van der Waals surface area contributed by atoms with Crippen molar-refractivity contribution in [2.24, 2.45) is 11.8 Å². The molecule has 17 heavy (non-hydrogen) atoms. The Bertz CT molecular complexity index is 427. The number of benzene rings is 1. The van der Waals surface area contributed by atoms with Crippen molar-refractivity contribution in [3.05, 3.63) is 29.3 Å². The topological polar surface area (TPSA) is 29.5 Å². The molecule has 0 radical (unpaired) electrons. The first-order valence-corrected chi connectivity index (χ1v) is 6.57. The normalized spacial score (nSPS) is 30.7. The first-order chi connectivity index (χ1) is 8.75. The minimum atomic E-state index is -0.127. The van der Waals surface area contributed by atoms with Gasteiger partial charge in [-0.2, -0.15) is 0 Å². The Morgan fingerprint density at radius 3 is 2.76 bits per heavy atom. The summed E-state index contributed by atoms with van der Waals surface area (Å²) >= 11 is 0. The third kappa shape index (κ3) is 2.32. The Kier molecular flexibility index (Phi) is 2.75. The highest BCUT2D eigenvalue weighted by molar-refractivity contribution is 5.36. The third-order valence-corrected chi connectivity index (χ3v) is 4.14. The number of phenols is 1. The minimum Gasteiger partial charge on any atom is -0.508 e. The van der Waals surface area contributed by atoms with Crippen LogP contribution in [0.1, 0.15) is 31.8 Å². The molecule has 2 aliphatic rings. The van der Waals surface area contributed by atoms with Gasteiger partial charge in [-0.3, -0.25) is 0 Å². The smallest absolute Gasteiger partial charge is 0.115 e. The SMILES string of the molecule is [2H][C@@H]1c2ccc(O)cc2CC[C@H]1C1CCOCC1. The summed E-state index contributed by atoms with van der Waals surface area (Å²) in [4.78, 5) is 0. The van der Waals surface area contributed by atoms with E-state index in [1.165, 1.54) is 5.56 Å². The van der Waals surface area contributed by atoms with E-state index >= 15 is 0 Å². The average molecular weight is 233 g/mol. The van der Waals surface area contributed by atoms with Gasteiger partial charge in [-0.05, 0) is 67.2 Å². The van der Waals surface area contributed by atoms with Crippen molar-refractivity contribution in [1.29, 1.82) is 0 Å². The van der Waals surface area contributed by atoms with Gasteiger partial charge in [0.2, 0.25) is 0 Å². The van der Waals surface area contributed by atoms with Crippen LogP contribution in [0.4, 0.5) is 0 Å². The number of hydrogen-bond acceptors (Lipinski definition) is 2. The third-order valence-electron chi connectivity index (χ3n) is 4.14. The summed E-state index contributed by atoms with van der Waals surface area (Å²) in [6.07, 6.45) is 4.16. The molecule has 2 atom stereocenters. The number of rotatable bonds is 1. The molecule has 1 N–H and O–H groups in total. The van der Waals surface area contributed by atoms with Crippen molar-refractivity contribution in [2.75, 3.05) is 13.2 Å². The fraction of sp³-hybridized carbons (Fsp3) is 0.600. The first-order valence-electron chi connectivity index (χ1n) is 7.15. The highest BCUT2D eigenvalue weighted by atomic mass is 16.5. The molecule has 2 nitrogen and oxygen atoms in total. The van der Waals surface area contributed by atoms with Crippen LogP contribution in [-0.2, 0) is 17.6 Å². The van der Waals surface area contributed by atoms with Crippen LogP contribution in [0.3, 0.4) is 0 Å². The predicted molar refractivity (Wildman–Crippen MR) is 67.2 cm³/mol. The van der Waals surface area contributed by atoms with Gasteiger partial charge in [0, 0.05) is 14.6 Å². The van der Waals surface area contributed by atoms with Crippen molar-refractivity contribution >= 4 is 0 Å². The minimum absolute atomic E-state index is 0.127. The van der Waals surface area contributed by atoms with E-state index in [0.29, 0.717) is 17.6 Å². The Morgan fingerprint density at radius 1 is 1.12 bits per heavy atom. The second-order valence-electron chi connectivity index (χ2n) is 5.20. The Hall–Kier alpha value is -1.02. The highest BCUT2D eigenvalue weighted by Gasteiger charge is 2.27. The summed E-state index contributed by atoms with van der Waals surface area (Å²) < 4.78 is 13.9. The predicted octanol–water partition coefficient (Wildman–Crippen LogP) is 2.92. The molecule has 1 aliphatic carbocycles. The van der Waals surface area contributed by atoms with Crippen LogP contribution in [0.25, 0.3) is 0 Å². The number of aromatic hydroxyl groups is 1. The summed E-state index contributed by atoms with van der Waals surface area (Å²) in [7, 11) is 0. The summed E-state index contributed by atoms with van der Waals surface area (Å²) in [6, 6.07) is 5.48.